The molecule has 0 aliphatic carbocycles. The number of nitriles is 1. The Hall–Kier alpha value is -3.54. The summed E-state index contributed by atoms with van der Waals surface area (Å²) in [5.74, 6) is -0.259. The van der Waals surface area contributed by atoms with Crippen molar-refractivity contribution in [2.75, 3.05) is 32.1 Å². The molecule has 1 aromatic heterocycles. The summed E-state index contributed by atoms with van der Waals surface area (Å²) in [7, 11) is 5.30. The quantitative estimate of drug-likeness (QED) is 0.605. The summed E-state index contributed by atoms with van der Waals surface area (Å²) < 4.78 is 21.4. The number of piperidine rings is 1. The number of nitrogens with zero attached hydrogens (tertiary/aromatic N) is 4. The van der Waals surface area contributed by atoms with Crippen LogP contribution in [0, 0.1) is 17.1 Å². The molecule has 0 amide bonds. The molecule has 3 aromatic rings. The molecule has 1 N–H and O–H groups in total. The molecule has 1 aliphatic heterocycles. The van der Waals surface area contributed by atoms with Crippen molar-refractivity contribution in [2.45, 2.75) is 25.5 Å². The third kappa shape index (κ3) is 4.58. The summed E-state index contributed by atoms with van der Waals surface area (Å²) in [5, 5.41) is 12.4. The van der Waals surface area contributed by atoms with Gasteiger partial charge < -0.3 is 19.5 Å². The number of aromatic nitrogens is 2. The van der Waals surface area contributed by atoms with Crippen molar-refractivity contribution in [3.05, 3.63) is 69.8 Å². The van der Waals surface area contributed by atoms with Crippen LogP contribution in [-0.2, 0) is 18.4 Å². The predicted octanol–water partition coefficient (Wildman–Crippen LogP) is 3.46. The second kappa shape index (κ2) is 10.2. The number of halogens is 1. The molecular formula is C26H28FN5O2. The first-order valence-electron chi connectivity index (χ1n) is 11.3. The molecule has 2 aromatic carbocycles. The maximum absolute atomic E-state index is 14.6. The van der Waals surface area contributed by atoms with Crippen molar-refractivity contribution in [2.24, 2.45) is 7.05 Å². The summed E-state index contributed by atoms with van der Waals surface area (Å²) in [6.45, 7) is 1.90. The SMILES string of the molecule is CNC1CCN(c2nc(-c3ccc(C#N)c(F)c3)c(-c3ccc(COC)cc3)n(C)c2=O)CC1. The first-order valence-corrected chi connectivity index (χ1v) is 11.3. The second-order valence-electron chi connectivity index (χ2n) is 8.48. The van der Waals surface area contributed by atoms with E-state index in [0.717, 1.165) is 24.0 Å². The predicted molar refractivity (Wildman–Crippen MR) is 130 cm³/mol. The molecule has 176 valence electrons. The molecule has 34 heavy (non-hydrogen) atoms. The van der Waals surface area contributed by atoms with Crippen LogP contribution in [-0.4, -0.2) is 42.8 Å². The van der Waals surface area contributed by atoms with Gasteiger partial charge in [-0.1, -0.05) is 30.3 Å². The molecule has 0 bridgehead atoms. The fourth-order valence-electron chi connectivity index (χ4n) is 4.41. The number of nitrogens with one attached hydrogen (secondary N) is 1. The summed E-state index contributed by atoms with van der Waals surface area (Å²) in [6.07, 6.45) is 1.82. The average molecular weight is 462 g/mol. The Morgan fingerprint density at radius 1 is 1.18 bits per heavy atom. The first-order chi connectivity index (χ1) is 16.5. The number of hydrogen-bond acceptors (Lipinski definition) is 6. The van der Waals surface area contributed by atoms with Gasteiger partial charge in [-0.15, -0.1) is 0 Å². The van der Waals surface area contributed by atoms with Gasteiger partial charge in [0.05, 0.1) is 23.6 Å². The highest BCUT2D eigenvalue weighted by Crippen LogP contribution is 2.32. The highest BCUT2D eigenvalue weighted by atomic mass is 19.1. The molecule has 4 rings (SSSR count). The van der Waals surface area contributed by atoms with Gasteiger partial charge in [-0.2, -0.15) is 5.26 Å². The maximum Gasteiger partial charge on any atom is 0.293 e. The fraction of sp³-hybridized carbons (Fsp3) is 0.346. The topological polar surface area (TPSA) is 83.2 Å². The minimum atomic E-state index is -0.617. The molecule has 0 radical (unpaired) electrons. The lowest BCUT2D eigenvalue weighted by Gasteiger charge is -2.32. The van der Waals surface area contributed by atoms with Gasteiger partial charge in [0.25, 0.3) is 5.56 Å². The van der Waals surface area contributed by atoms with Gasteiger partial charge in [-0.3, -0.25) is 4.79 Å². The Labute approximate surface area is 198 Å². The van der Waals surface area contributed by atoms with E-state index >= 15 is 0 Å². The zero-order valence-electron chi connectivity index (χ0n) is 19.6. The van der Waals surface area contributed by atoms with Crippen molar-refractivity contribution in [1.29, 1.82) is 5.26 Å². The van der Waals surface area contributed by atoms with E-state index in [9.17, 15) is 9.18 Å². The summed E-state index contributed by atoms with van der Waals surface area (Å²) in [5.41, 5.74) is 3.15. The lowest BCUT2D eigenvalue weighted by Crippen LogP contribution is -2.44. The van der Waals surface area contributed by atoms with E-state index < -0.39 is 5.82 Å². The van der Waals surface area contributed by atoms with Crippen molar-refractivity contribution >= 4 is 5.82 Å². The standard InChI is InChI=1S/C26H28FN5O2/c1-29-21-10-12-32(13-11-21)25-26(33)31(2)24(18-6-4-17(5-7-18)16-34-3)23(30-25)19-8-9-20(15-28)22(27)14-19/h4-9,14,21,29H,10-13,16H2,1-3H3. The number of rotatable bonds is 6. The maximum atomic E-state index is 14.6. The van der Waals surface area contributed by atoms with E-state index in [-0.39, 0.29) is 11.1 Å². The third-order valence-electron chi connectivity index (χ3n) is 6.38. The summed E-state index contributed by atoms with van der Waals surface area (Å²) in [4.78, 5) is 20.3. The van der Waals surface area contributed by atoms with Crippen LogP contribution < -0.4 is 15.8 Å². The fourth-order valence-corrected chi connectivity index (χ4v) is 4.41. The first kappa shape index (κ1) is 23.6. The highest BCUT2D eigenvalue weighted by Gasteiger charge is 2.25. The Balaban J connectivity index is 1.88. The summed E-state index contributed by atoms with van der Waals surface area (Å²) >= 11 is 0. The van der Waals surface area contributed by atoms with E-state index in [1.54, 1.807) is 24.8 Å². The van der Waals surface area contributed by atoms with Gasteiger partial charge in [-0.05, 0) is 37.6 Å². The molecule has 1 saturated heterocycles. The zero-order chi connectivity index (χ0) is 24.2. The van der Waals surface area contributed by atoms with E-state index in [1.807, 2.05) is 42.3 Å². The number of methoxy groups -OCH3 is 1. The molecule has 1 aliphatic rings. The number of ether oxygens (including phenoxy) is 1. The van der Waals surface area contributed by atoms with E-state index in [2.05, 4.69) is 5.32 Å². The van der Waals surface area contributed by atoms with Crippen molar-refractivity contribution < 1.29 is 9.13 Å². The van der Waals surface area contributed by atoms with Gasteiger partial charge in [0.15, 0.2) is 5.82 Å². The van der Waals surface area contributed by atoms with Crippen LogP contribution in [0.3, 0.4) is 0 Å². The van der Waals surface area contributed by atoms with Crippen molar-refractivity contribution in [3.8, 4) is 28.6 Å². The third-order valence-corrected chi connectivity index (χ3v) is 6.38. The Morgan fingerprint density at radius 2 is 1.85 bits per heavy atom. The molecular weight excluding hydrogens is 433 g/mol. The van der Waals surface area contributed by atoms with Crippen LogP contribution in [0.25, 0.3) is 22.5 Å². The smallest absolute Gasteiger partial charge is 0.293 e. The van der Waals surface area contributed by atoms with Crippen molar-refractivity contribution in [1.82, 2.24) is 14.9 Å². The van der Waals surface area contributed by atoms with Crippen LogP contribution in [0.4, 0.5) is 10.2 Å². The van der Waals surface area contributed by atoms with E-state index in [4.69, 9.17) is 15.0 Å². The molecule has 2 heterocycles. The van der Waals surface area contributed by atoms with Gasteiger partial charge in [0.1, 0.15) is 11.9 Å². The Kier molecular flexibility index (Phi) is 7.06. The van der Waals surface area contributed by atoms with Crippen LogP contribution in [0.2, 0.25) is 0 Å². The molecule has 1 fully saturated rings. The van der Waals surface area contributed by atoms with Crippen molar-refractivity contribution in [3.63, 3.8) is 0 Å². The molecule has 0 saturated carbocycles. The Bertz CT molecular complexity index is 1270. The Morgan fingerprint density at radius 3 is 2.44 bits per heavy atom. The van der Waals surface area contributed by atoms with Gasteiger partial charge in [0.2, 0.25) is 0 Å². The zero-order valence-corrected chi connectivity index (χ0v) is 19.6. The summed E-state index contributed by atoms with van der Waals surface area (Å²) in [6, 6.07) is 14.4. The molecule has 0 atom stereocenters. The number of anilines is 1. The molecule has 8 heteroatoms. The normalized spacial score (nSPS) is 14.3. The number of hydrogen-bond donors (Lipinski definition) is 1. The van der Waals surface area contributed by atoms with Crippen LogP contribution in [0.1, 0.15) is 24.0 Å². The van der Waals surface area contributed by atoms with Crippen LogP contribution in [0.15, 0.2) is 47.3 Å². The largest absolute Gasteiger partial charge is 0.380 e. The average Bonchev–Trinajstić information content (AvgIpc) is 2.86. The minimum absolute atomic E-state index is 0.0339. The molecule has 0 unspecified atom stereocenters. The highest BCUT2D eigenvalue weighted by molar-refractivity contribution is 5.79. The molecule has 0 spiro atoms. The van der Waals surface area contributed by atoms with Crippen LogP contribution in [0.5, 0.6) is 0 Å². The van der Waals surface area contributed by atoms with E-state index in [0.29, 0.717) is 48.5 Å². The lowest BCUT2D eigenvalue weighted by molar-refractivity contribution is 0.185. The van der Waals surface area contributed by atoms with Gasteiger partial charge in [0, 0.05) is 44.4 Å². The minimum Gasteiger partial charge on any atom is -0.380 e. The second-order valence-corrected chi connectivity index (χ2v) is 8.48. The van der Waals surface area contributed by atoms with E-state index in [1.165, 1.54) is 12.1 Å². The molecule has 7 nitrogen and oxygen atoms in total. The van der Waals surface area contributed by atoms with Crippen LogP contribution >= 0.6 is 0 Å². The number of benzene rings is 2. The lowest BCUT2D eigenvalue weighted by atomic mass is 10.0. The monoisotopic (exact) mass is 461 g/mol. The van der Waals surface area contributed by atoms with Gasteiger partial charge in [-0.25, -0.2) is 9.37 Å². The van der Waals surface area contributed by atoms with Gasteiger partial charge >= 0.3 is 0 Å².